The molecule has 2 rings (SSSR count). The van der Waals surface area contributed by atoms with E-state index in [1.807, 2.05) is 31.2 Å². The molecule has 0 aliphatic carbocycles. The van der Waals surface area contributed by atoms with Crippen LogP contribution >= 0.6 is 0 Å². The zero-order valence-corrected chi connectivity index (χ0v) is 13.1. The molecule has 1 unspecified atom stereocenters. The van der Waals surface area contributed by atoms with Crippen molar-refractivity contribution in [1.82, 2.24) is 4.90 Å². The van der Waals surface area contributed by atoms with Crippen molar-refractivity contribution in [3.05, 3.63) is 24.3 Å². The fraction of sp³-hybridized carbons (Fsp3) is 0.647. The van der Waals surface area contributed by atoms with Crippen LogP contribution in [0.2, 0.25) is 0 Å². The molecular weight excluding hydrogens is 264 g/mol. The van der Waals surface area contributed by atoms with Gasteiger partial charge >= 0.3 is 0 Å². The summed E-state index contributed by atoms with van der Waals surface area (Å²) in [6.07, 6.45) is 5.10. The molecule has 0 saturated carbocycles. The fourth-order valence-corrected chi connectivity index (χ4v) is 2.92. The minimum absolute atomic E-state index is 0.512. The summed E-state index contributed by atoms with van der Waals surface area (Å²) in [6, 6.07) is 8.38. The van der Waals surface area contributed by atoms with Gasteiger partial charge in [-0.2, -0.15) is 0 Å². The highest BCUT2D eigenvalue weighted by molar-refractivity contribution is 5.39. The van der Waals surface area contributed by atoms with Gasteiger partial charge in [0.2, 0.25) is 0 Å². The number of para-hydroxylation sites is 2. The van der Waals surface area contributed by atoms with E-state index in [-0.39, 0.29) is 0 Å². The summed E-state index contributed by atoms with van der Waals surface area (Å²) in [7, 11) is 0. The molecular formula is C17H28N2O2. The van der Waals surface area contributed by atoms with E-state index in [2.05, 4.69) is 4.90 Å². The van der Waals surface area contributed by atoms with E-state index in [9.17, 15) is 0 Å². The van der Waals surface area contributed by atoms with Crippen LogP contribution in [0.25, 0.3) is 0 Å². The van der Waals surface area contributed by atoms with Gasteiger partial charge in [-0.3, -0.25) is 4.90 Å². The van der Waals surface area contributed by atoms with E-state index in [0.717, 1.165) is 31.1 Å². The second-order valence-electron chi connectivity index (χ2n) is 5.50. The Bertz CT molecular complexity index is 412. The molecule has 4 nitrogen and oxygen atoms in total. The largest absolute Gasteiger partial charge is 0.490 e. The summed E-state index contributed by atoms with van der Waals surface area (Å²) in [5.41, 5.74) is 5.91. The first kappa shape index (κ1) is 16.1. The summed E-state index contributed by atoms with van der Waals surface area (Å²) in [4.78, 5) is 2.48. The van der Waals surface area contributed by atoms with Gasteiger partial charge in [-0.1, -0.05) is 25.0 Å². The summed E-state index contributed by atoms with van der Waals surface area (Å²) < 4.78 is 11.5. The summed E-state index contributed by atoms with van der Waals surface area (Å²) in [5, 5.41) is 0. The first-order valence-electron chi connectivity index (χ1n) is 8.14. The van der Waals surface area contributed by atoms with E-state index in [1.54, 1.807) is 0 Å². The molecule has 0 aromatic heterocycles. The quantitative estimate of drug-likeness (QED) is 0.839. The van der Waals surface area contributed by atoms with Crippen molar-refractivity contribution in [3.8, 4) is 11.5 Å². The first-order valence-corrected chi connectivity index (χ1v) is 8.14. The normalized spacial score (nSPS) is 20.0. The molecule has 0 radical (unpaired) electrons. The van der Waals surface area contributed by atoms with Gasteiger partial charge in [-0.15, -0.1) is 0 Å². The van der Waals surface area contributed by atoms with Crippen LogP contribution in [-0.4, -0.2) is 43.8 Å². The molecule has 0 spiro atoms. The summed E-state index contributed by atoms with van der Waals surface area (Å²) >= 11 is 0. The molecule has 21 heavy (non-hydrogen) atoms. The standard InChI is InChI=1S/C17H28N2O2/c1-2-20-16-9-5-6-10-17(16)21-13-12-19-11-7-3-4-8-15(19)14-18/h5-6,9-10,15H,2-4,7-8,11-14,18H2,1H3. The molecule has 1 aromatic carbocycles. The van der Waals surface area contributed by atoms with Crippen molar-refractivity contribution in [1.29, 1.82) is 0 Å². The monoisotopic (exact) mass is 292 g/mol. The van der Waals surface area contributed by atoms with Crippen LogP contribution in [0.3, 0.4) is 0 Å². The number of nitrogens with two attached hydrogens (primary N) is 1. The molecule has 1 heterocycles. The molecule has 1 aliphatic heterocycles. The van der Waals surface area contributed by atoms with E-state index in [4.69, 9.17) is 15.2 Å². The number of likely N-dealkylation sites (tertiary alicyclic amines) is 1. The number of rotatable bonds is 7. The molecule has 1 fully saturated rings. The maximum absolute atomic E-state index is 5.92. The SMILES string of the molecule is CCOc1ccccc1OCCN1CCCCCC1CN. The lowest BCUT2D eigenvalue weighted by atomic mass is 10.1. The molecule has 0 amide bonds. The number of benzene rings is 1. The molecule has 2 N–H and O–H groups in total. The molecule has 0 bridgehead atoms. The van der Waals surface area contributed by atoms with Gasteiger partial charge in [-0.25, -0.2) is 0 Å². The van der Waals surface area contributed by atoms with E-state index < -0.39 is 0 Å². The first-order chi connectivity index (χ1) is 10.3. The molecule has 1 atom stereocenters. The third-order valence-electron chi connectivity index (χ3n) is 4.06. The maximum atomic E-state index is 5.92. The molecule has 1 saturated heterocycles. The maximum Gasteiger partial charge on any atom is 0.161 e. The van der Waals surface area contributed by atoms with Crippen LogP contribution in [0.5, 0.6) is 11.5 Å². The third-order valence-corrected chi connectivity index (χ3v) is 4.06. The number of nitrogens with zero attached hydrogens (tertiary/aromatic N) is 1. The predicted molar refractivity (Wildman–Crippen MR) is 86.0 cm³/mol. The topological polar surface area (TPSA) is 47.7 Å². The Morgan fingerprint density at radius 2 is 1.90 bits per heavy atom. The minimum Gasteiger partial charge on any atom is -0.490 e. The fourth-order valence-electron chi connectivity index (χ4n) is 2.92. The van der Waals surface area contributed by atoms with Crippen LogP contribution in [0.15, 0.2) is 24.3 Å². The van der Waals surface area contributed by atoms with Gasteiger partial charge in [0, 0.05) is 19.1 Å². The van der Waals surface area contributed by atoms with Crippen molar-refractivity contribution in [2.75, 3.05) is 32.8 Å². The summed E-state index contributed by atoms with van der Waals surface area (Å²) in [5.74, 6) is 1.66. The van der Waals surface area contributed by atoms with Crippen LogP contribution in [0.4, 0.5) is 0 Å². The van der Waals surface area contributed by atoms with Gasteiger partial charge in [0.25, 0.3) is 0 Å². The lowest BCUT2D eigenvalue weighted by Gasteiger charge is -2.28. The third kappa shape index (κ3) is 4.90. The van der Waals surface area contributed by atoms with Crippen LogP contribution in [0, 0.1) is 0 Å². The lowest BCUT2D eigenvalue weighted by molar-refractivity contribution is 0.162. The number of hydrogen-bond acceptors (Lipinski definition) is 4. The number of ether oxygens (including phenoxy) is 2. The van der Waals surface area contributed by atoms with Gasteiger partial charge in [0.05, 0.1) is 6.61 Å². The smallest absolute Gasteiger partial charge is 0.161 e. The average molecular weight is 292 g/mol. The Labute approximate surface area is 128 Å². The van der Waals surface area contributed by atoms with Crippen LogP contribution in [0.1, 0.15) is 32.6 Å². The van der Waals surface area contributed by atoms with Crippen molar-refractivity contribution in [2.24, 2.45) is 5.73 Å². The Morgan fingerprint density at radius 3 is 2.62 bits per heavy atom. The molecule has 1 aromatic rings. The van der Waals surface area contributed by atoms with Gasteiger partial charge in [0.15, 0.2) is 11.5 Å². The van der Waals surface area contributed by atoms with Crippen molar-refractivity contribution in [3.63, 3.8) is 0 Å². The Morgan fingerprint density at radius 1 is 1.14 bits per heavy atom. The van der Waals surface area contributed by atoms with Gasteiger partial charge < -0.3 is 15.2 Å². The van der Waals surface area contributed by atoms with Crippen LogP contribution in [-0.2, 0) is 0 Å². The second kappa shape index (κ2) is 8.90. The Hall–Kier alpha value is -1.26. The van der Waals surface area contributed by atoms with E-state index in [1.165, 1.54) is 25.7 Å². The molecule has 118 valence electrons. The van der Waals surface area contributed by atoms with Crippen molar-refractivity contribution >= 4 is 0 Å². The van der Waals surface area contributed by atoms with E-state index in [0.29, 0.717) is 19.3 Å². The number of hydrogen-bond donors (Lipinski definition) is 1. The second-order valence-corrected chi connectivity index (χ2v) is 5.50. The zero-order chi connectivity index (χ0) is 14.9. The molecule has 1 aliphatic rings. The van der Waals surface area contributed by atoms with Gasteiger partial charge in [-0.05, 0) is 38.4 Å². The highest BCUT2D eigenvalue weighted by Gasteiger charge is 2.19. The zero-order valence-electron chi connectivity index (χ0n) is 13.1. The average Bonchev–Trinajstić information content (AvgIpc) is 2.74. The van der Waals surface area contributed by atoms with E-state index >= 15 is 0 Å². The Balaban J connectivity index is 1.85. The minimum atomic E-state index is 0.512. The summed E-state index contributed by atoms with van der Waals surface area (Å²) in [6.45, 7) is 6.14. The van der Waals surface area contributed by atoms with Crippen molar-refractivity contribution < 1.29 is 9.47 Å². The highest BCUT2D eigenvalue weighted by Crippen LogP contribution is 2.26. The van der Waals surface area contributed by atoms with Crippen molar-refractivity contribution in [2.45, 2.75) is 38.6 Å². The Kier molecular flexibility index (Phi) is 6.83. The lowest BCUT2D eigenvalue weighted by Crippen LogP contribution is -2.42. The van der Waals surface area contributed by atoms with Gasteiger partial charge in [0.1, 0.15) is 6.61 Å². The molecule has 4 heteroatoms. The van der Waals surface area contributed by atoms with Crippen LogP contribution < -0.4 is 15.2 Å². The predicted octanol–water partition coefficient (Wildman–Crippen LogP) is 2.67. The highest BCUT2D eigenvalue weighted by atomic mass is 16.5.